The number of nitrogens with zero attached hydrogens (tertiary/aromatic N) is 1. The molecule has 0 saturated carbocycles. The number of hydrogen-bond donors (Lipinski definition) is 2. The fraction of sp³-hybridized carbons (Fsp3) is 0.833. The van der Waals surface area contributed by atoms with E-state index in [0.29, 0.717) is 13.0 Å². The van der Waals surface area contributed by atoms with Crippen LogP contribution in [0.4, 0.5) is 0 Å². The minimum absolute atomic E-state index is 0.0285. The highest BCUT2D eigenvalue weighted by Gasteiger charge is 2.36. The summed E-state index contributed by atoms with van der Waals surface area (Å²) >= 11 is 0. The second kappa shape index (κ2) is 6.59. The van der Waals surface area contributed by atoms with Crippen molar-refractivity contribution in [3.63, 3.8) is 0 Å². The molecule has 1 fully saturated rings. The summed E-state index contributed by atoms with van der Waals surface area (Å²) in [5.74, 6) is -0.854. The predicted octanol–water partition coefficient (Wildman–Crippen LogP) is 0.698. The third-order valence-corrected chi connectivity index (χ3v) is 3.32. The van der Waals surface area contributed by atoms with Crippen LogP contribution in [0.3, 0.4) is 0 Å². The molecule has 1 saturated heterocycles. The summed E-state index contributed by atoms with van der Waals surface area (Å²) in [6, 6.07) is -0.633. The number of amides is 1. The fourth-order valence-corrected chi connectivity index (χ4v) is 2.40. The molecular formula is C12H22N2O3. The zero-order valence-electron chi connectivity index (χ0n) is 10.6. The van der Waals surface area contributed by atoms with E-state index in [9.17, 15) is 14.7 Å². The zero-order valence-corrected chi connectivity index (χ0v) is 10.6. The highest BCUT2D eigenvalue weighted by Crippen LogP contribution is 2.24. The molecule has 0 bridgehead atoms. The summed E-state index contributed by atoms with van der Waals surface area (Å²) in [7, 11) is 1.84. The summed E-state index contributed by atoms with van der Waals surface area (Å²) in [5.41, 5.74) is 0. The van der Waals surface area contributed by atoms with Gasteiger partial charge >= 0.3 is 5.97 Å². The van der Waals surface area contributed by atoms with Crippen molar-refractivity contribution in [2.75, 3.05) is 20.1 Å². The molecule has 5 nitrogen and oxygen atoms in total. The molecule has 2 atom stereocenters. The molecule has 0 aliphatic carbocycles. The predicted molar refractivity (Wildman–Crippen MR) is 64.7 cm³/mol. The molecule has 0 radical (unpaired) electrons. The molecule has 5 heteroatoms. The number of carboxylic acids is 1. The first-order chi connectivity index (χ1) is 8.07. The van der Waals surface area contributed by atoms with Gasteiger partial charge in [-0.05, 0) is 38.8 Å². The van der Waals surface area contributed by atoms with Crippen LogP contribution in [-0.4, -0.2) is 48.1 Å². The van der Waals surface area contributed by atoms with Gasteiger partial charge in [-0.3, -0.25) is 4.79 Å². The standard InChI is InChI=1S/C12H22N2O3/c1-9-5-4-8-14(11(9)12(16)17)10(15)6-3-7-13-2/h9,11,13H,3-8H2,1-2H3,(H,16,17). The largest absolute Gasteiger partial charge is 0.480 e. The van der Waals surface area contributed by atoms with E-state index in [-0.39, 0.29) is 11.8 Å². The quantitative estimate of drug-likeness (QED) is 0.696. The van der Waals surface area contributed by atoms with Gasteiger partial charge < -0.3 is 15.3 Å². The Hall–Kier alpha value is -1.10. The van der Waals surface area contributed by atoms with Crippen LogP contribution in [0.15, 0.2) is 0 Å². The number of carbonyl (C=O) groups is 2. The smallest absolute Gasteiger partial charge is 0.326 e. The van der Waals surface area contributed by atoms with Gasteiger partial charge in [0, 0.05) is 13.0 Å². The van der Waals surface area contributed by atoms with Crippen molar-refractivity contribution in [2.45, 2.75) is 38.6 Å². The Bertz CT molecular complexity index is 281. The number of hydrogen-bond acceptors (Lipinski definition) is 3. The molecule has 0 aromatic rings. The Morgan fingerprint density at radius 3 is 2.76 bits per heavy atom. The normalized spacial score (nSPS) is 24.7. The van der Waals surface area contributed by atoms with Crippen molar-refractivity contribution in [3.8, 4) is 0 Å². The third kappa shape index (κ3) is 3.70. The van der Waals surface area contributed by atoms with Crippen LogP contribution in [0.25, 0.3) is 0 Å². The van der Waals surface area contributed by atoms with E-state index in [1.54, 1.807) is 4.90 Å². The minimum atomic E-state index is -0.876. The maximum absolute atomic E-state index is 12.0. The maximum atomic E-state index is 12.0. The van der Waals surface area contributed by atoms with Crippen LogP contribution in [0.2, 0.25) is 0 Å². The first-order valence-electron chi connectivity index (χ1n) is 6.24. The fourth-order valence-electron chi connectivity index (χ4n) is 2.40. The summed E-state index contributed by atoms with van der Waals surface area (Å²) in [4.78, 5) is 24.7. The summed E-state index contributed by atoms with van der Waals surface area (Å²) < 4.78 is 0. The van der Waals surface area contributed by atoms with Crippen LogP contribution in [0, 0.1) is 5.92 Å². The average Bonchev–Trinajstić information content (AvgIpc) is 2.28. The number of carboxylic acid groups (broad SMARTS) is 1. The molecule has 1 heterocycles. The first-order valence-corrected chi connectivity index (χ1v) is 6.24. The van der Waals surface area contributed by atoms with E-state index in [1.807, 2.05) is 14.0 Å². The van der Waals surface area contributed by atoms with Gasteiger partial charge in [0.2, 0.25) is 5.91 Å². The van der Waals surface area contributed by atoms with Crippen molar-refractivity contribution in [3.05, 3.63) is 0 Å². The Morgan fingerprint density at radius 2 is 2.18 bits per heavy atom. The average molecular weight is 242 g/mol. The second-order valence-electron chi connectivity index (χ2n) is 4.70. The zero-order chi connectivity index (χ0) is 12.8. The van der Waals surface area contributed by atoms with Crippen LogP contribution in [0.1, 0.15) is 32.6 Å². The van der Waals surface area contributed by atoms with Gasteiger partial charge in [-0.2, -0.15) is 0 Å². The van der Waals surface area contributed by atoms with E-state index in [4.69, 9.17) is 0 Å². The Labute approximate surface area is 102 Å². The van der Waals surface area contributed by atoms with Crippen molar-refractivity contribution >= 4 is 11.9 Å². The number of carbonyl (C=O) groups excluding carboxylic acids is 1. The first kappa shape index (κ1) is 14.0. The van der Waals surface area contributed by atoms with Gasteiger partial charge in [0.25, 0.3) is 0 Å². The molecule has 2 N–H and O–H groups in total. The Balaban J connectivity index is 2.59. The number of piperidine rings is 1. The molecule has 1 aliphatic rings. The number of aliphatic carboxylic acids is 1. The van der Waals surface area contributed by atoms with Gasteiger partial charge in [0.05, 0.1) is 0 Å². The van der Waals surface area contributed by atoms with Gasteiger partial charge in [-0.15, -0.1) is 0 Å². The van der Waals surface area contributed by atoms with E-state index in [1.165, 1.54) is 0 Å². The number of likely N-dealkylation sites (tertiary alicyclic amines) is 1. The van der Waals surface area contributed by atoms with Crippen molar-refractivity contribution in [1.82, 2.24) is 10.2 Å². The highest BCUT2D eigenvalue weighted by molar-refractivity contribution is 5.84. The minimum Gasteiger partial charge on any atom is -0.480 e. The Morgan fingerprint density at radius 1 is 1.47 bits per heavy atom. The lowest BCUT2D eigenvalue weighted by Gasteiger charge is -2.37. The van der Waals surface area contributed by atoms with Crippen LogP contribution in [0.5, 0.6) is 0 Å². The van der Waals surface area contributed by atoms with Gasteiger partial charge in [-0.25, -0.2) is 4.79 Å². The van der Waals surface area contributed by atoms with E-state index < -0.39 is 12.0 Å². The van der Waals surface area contributed by atoms with Gasteiger partial charge in [0.1, 0.15) is 6.04 Å². The summed E-state index contributed by atoms with van der Waals surface area (Å²) in [6.45, 7) is 3.28. The lowest BCUT2D eigenvalue weighted by Crippen LogP contribution is -2.51. The van der Waals surface area contributed by atoms with E-state index in [2.05, 4.69) is 5.32 Å². The van der Waals surface area contributed by atoms with E-state index >= 15 is 0 Å². The van der Waals surface area contributed by atoms with Crippen molar-refractivity contribution in [1.29, 1.82) is 0 Å². The Kier molecular flexibility index (Phi) is 5.41. The van der Waals surface area contributed by atoms with Crippen molar-refractivity contribution < 1.29 is 14.7 Å². The van der Waals surface area contributed by atoms with E-state index in [0.717, 1.165) is 25.8 Å². The monoisotopic (exact) mass is 242 g/mol. The molecule has 0 aromatic heterocycles. The number of rotatable bonds is 5. The molecule has 0 spiro atoms. The topological polar surface area (TPSA) is 69.6 Å². The molecule has 0 aromatic carbocycles. The van der Waals surface area contributed by atoms with Crippen LogP contribution < -0.4 is 5.32 Å². The summed E-state index contributed by atoms with van der Waals surface area (Å²) in [5, 5.41) is 12.2. The van der Waals surface area contributed by atoms with Crippen LogP contribution >= 0.6 is 0 Å². The number of nitrogens with one attached hydrogen (secondary N) is 1. The molecule has 1 aliphatic heterocycles. The summed E-state index contributed by atoms with van der Waals surface area (Å²) in [6.07, 6.45) is 2.98. The lowest BCUT2D eigenvalue weighted by molar-refractivity contribution is -0.154. The molecule has 2 unspecified atom stereocenters. The molecule has 1 amide bonds. The highest BCUT2D eigenvalue weighted by atomic mass is 16.4. The molecular weight excluding hydrogens is 220 g/mol. The van der Waals surface area contributed by atoms with Crippen molar-refractivity contribution in [2.24, 2.45) is 5.92 Å². The molecule has 98 valence electrons. The maximum Gasteiger partial charge on any atom is 0.326 e. The molecule has 1 rings (SSSR count). The third-order valence-electron chi connectivity index (χ3n) is 3.32. The van der Waals surface area contributed by atoms with Gasteiger partial charge in [-0.1, -0.05) is 6.92 Å². The van der Waals surface area contributed by atoms with Gasteiger partial charge in [0.15, 0.2) is 0 Å². The lowest BCUT2D eigenvalue weighted by atomic mass is 9.90. The SMILES string of the molecule is CNCCCC(=O)N1CCCC(C)C1C(=O)O. The second-order valence-corrected chi connectivity index (χ2v) is 4.70. The van der Waals surface area contributed by atoms with Crippen LogP contribution in [-0.2, 0) is 9.59 Å². The molecule has 17 heavy (non-hydrogen) atoms.